The number of rotatable bonds is 5. The van der Waals surface area contributed by atoms with Crippen LogP contribution >= 0.6 is 11.6 Å². The molecule has 1 aliphatic carbocycles. The van der Waals surface area contributed by atoms with Gasteiger partial charge in [0.1, 0.15) is 16.9 Å². The average Bonchev–Trinajstić information content (AvgIpc) is 2.98. The Labute approximate surface area is 201 Å². The molecule has 3 aliphatic rings. The van der Waals surface area contributed by atoms with Gasteiger partial charge in [0.05, 0.1) is 35.2 Å². The number of piperidine rings is 1. The van der Waals surface area contributed by atoms with Gasteiger partial charge in [-0.25, -0.2) is 9.37 Å². The maximum absolute atomic E-state index is 15.3. The lowest BCUT2D eigenvalue weighted by Gasteiger charge is -2.42. The maximum Gasteiger partial charge on any atom is 0.227 e. The maximum atomic E-state index is 15.3. The third-order valence-corrected chi connectivity index (χ3v) is 9.06. The van der Waals surface area contributed by atoms with Gasteiger partial charge in [0.25, 0.3) is 0 Å². The number of aliphatic hydroxyl groups is 1. The number of nitrogens with one attached hydrogen (secondary N) is 1. The number of nitrogens with zero attached hydrogens (tertiary/aromatic N) is 3. The number of benzene rings is 1. The zero-order valence-corrected chi connectivity index (χ0v) is 20.2. The van der Waals surface area contributed by atoms with Crippen molar-refractivity contribution < 1.29 is 13.7 Å². The van der Waals surface area contributed by atoms with Gasteiger partial charge in [-0.15, -0.1) is 0 Å². The van der Waals surface area contributed by atoms with E-state index in [-0.39, 0.29) is 19.1 Å². The molecular weight excluding hydrogens is 463 g/mol. The Morgan fingerprint density at radius 2 is 2.00 bits per heavy atom. The summed E-state index contributed by atoms with van der Waals surface area (Å²) in [6.45, 7) is 0.854. The fourth-order valence-corrected chi connectivity index (χ4v) is 6.61. The van der Waals surface area contributed by atoms with E-state index in [1.54, 1.807) is 12.1 Å². The molecule has 0 spiro atoms. The summed E-state index contributed by atoms with van der Waals surface area (Å²) >= 11 is 5.99. The lowest BCUT2D eigenvalue weighted by molar-refractivity contribution is 0.143. The van der Waals surface area contributed by atoms with Crippen molar-refractivity contribution >= 4 is 34.2 Å². The van der Waals surface area contributed by atoms with Crippen molar-refractivity contribution in [2.45, 2.75) is 67.5 Å². The van der Waals surface area contributed by atoms with E-state index in [1.165, 1.54) is 0 Å². The molecule has 1 saturated heterocycles. The molecular formula is C24H30ClFN4O2S. The standard InChI is InChI=1S/C24H30ClFN4O2S/c25-17-7-5-16(6-8-17)18-9-12-30(14-19(18)26)23-27-20-4-1-2-13-33(32)21(20)22(28-23)29-24(15-31)10-3-11-24/h5-8,18-19,31H,1-4,9-15H2,(H,27,28,29)/t18?,19?,33-/m0/s1. The second-order valence-corrected chi connectivity index (χ2v) is 11.4. The number of anilines is 2. The smallest absolute Gasteiger partial charge is 0.227 e. The third-order valence-electron chi connectivity index (χ3n) is 7.26. The highest BCUT2D eigenvalue weighted by atomic mass is 35.5. The van der Waals surface area contributed by atoms with Crippen molar-refractivity contribution in [1.29, 1.82) is 0 Å². The Hall–Kier alpha value is -1.77. The number of aromatic nitrogens is 2. The Kier molecular flexibility index (Phi) is 6.60. The largest absolute Gasteiger partial charge is 0.394 e. The highest BCUT2D eigenvalue weighted by Crippen LogP contribution is 2.39. The van der Waals surface area contributed by atoms with Crippen LogP contribution in [0.4, 0.5) is 16.2 Å². The minimum absolute atomic E-state index is 0.00673. The number of hydrogen-bond donors (Lipinski definition) is 2. The SMILES string of the molecule is O=[S@]1CCCCc2nc(N3CCC(c4ccc(Cl)cc4)C(F)C3)nc(NC3(CO)CCC3)c21. The number of aryl methyl sites for hydroxylation is 1. The monoisotopic (exact) mass is 492 g/mol. The molecule has 2 N–H and O–H groups in total. The van der Waals surface area contributed by atoms with Crippen molar-refractivity contribution in [1.82, 2.24) is 9.97 Å². The van der Waals surface area contributed by atoms with Crippen molar-refractivity contribution in [3.63, 3.8) is 0 Å². The van der Waals surface area contributed by atoms with Gasteiger partial charge >= 0.3 is 0 Å². The van der Waals surface area contributed by atoms with E-state index in [0.29, 0.717) is 40.4 Å². The van der Waals surface area contributed by atoms with Crippen LogP contribution in [0.2, 0.25) is 5.02 Å². The van der Waals surface area contributed by atoms with Crippen LogP contribution in [0, 0.1) is 0 Å². The Morgan fingerprint density at radius 3 is 2.67 bits per heavy atom. The molecule has 2 aromatic rings. The number of hydrogen-bond acceptors (Lipinski definition) is 6. The molecule has 2 aliphatic heterocycles. The van der Waals surface area contributed by atoms with Gasteiger partial charge in [0.15, 0.2) is 0 Å². The second kappa shape index (κ2) is 9.47. The minimum Gasteiger partial charge on any atom is -0.394 e. The van der Waals surface area contributed by atoms with Gasteiger partial charge in [-0.2, -0.15) is 4.98 Å². The first-order valence-electron chi connectivity index (χ1n) is 11.8. The summed E-state index contributed by atoms with van der Waals surface area (Å²) in [6.07, 6.45) is 4.87. The predicted octanol–water partition coefficient (Wildman–Crippen LogP) is 4.23. The van der Waals surface area contributed by atoms with Crippen LogP contribution in [0.1, 0.15) is 55.7 Å². The van der Waals surface area contributed by atoms with Crippen LogP contribution in [-0.4, -0.2) is 56.4 Å². The zero-order valence-electron chi connectivity index (χ0n) is 18.6. The first-order valence-corrected chi connectivity index (χ1v) is 13.5. The van der Waals surface area contributed by atoms with Crippen LogP contribution in [0.3, 0.4) is 0 Å². The van der Waals surface area contributed by atoms with Crippen molar-refractivity contribution in [3.8, 4) is 0 Å². The molecule has 0 amide bonds. The normalized spacial score (nSPS) is 26.8. The molecule has 0 radical (unpaired) electrons. The number of alkyl halides is 1. The number of halogens is 2. The highest BCUT2D eigenvalue weighted by molar-refractivity contribution is 7.85. The lowest BCUT2D eigenvalue weighted by atomic mass is 9.77. The Balaban J connectivity index is 1.43. The highest BCUT2D eigenvalue weighted by Gasteiger charge is 2.39. The second-order valence-electron chi connectivity index (χ2n) is 9.48. The first kappa shape index (κ1) is 23.0. The Morgan fingerprint density at radius 1 is 1.21 bits per heavy atom. The molecule has 9 heteroatoms. The van der Waals surface area contributed by atoms with E-state index >= 15 is 4.39 Å². The van der Waals surface area contributed by atoms with E-state index in [0.717, 1.165) is 49.8 Å². The van der Waals surface area contributed by atoms with Gasteiger partial charge < -0.3 is 15.3 Å². The summed E-state index contributed by atoms with van der Waals surface area (Å²) < 4.78 is 28.3. The molecule has 0 bridgehead atoms. The molecule has 1 saturated carbocycles. The summed E-state index contributed by atoms with van der Waals surface area (Å²) in [5.41, 5.74) is 1.34. The van der Waals surface area contributed by atoms with E-state index in [1.807, 2.05) is 17.0 Å². The molecule has 178 valence electrons. The Bertz CT molecular complexity index is 1030. The molecule has 1 aromatic carbocycles. The van der Waals surface area contributed by atoms with Crippen molar-refractivity contribution in [3.05, 3.63) is 40.5 Å². The van der Waals surface area contributed by atoms with E-state index < -0.39 is 22.5 Å². The van der Waals surface area contributed by atoms with Crippen LogP contribution in [0.15, 0.2) is 29.2 Å². The summed E-state index contributed by atoms with van der Waals surface area (Å²) in [5.74, 6) is 1.45. The summed E-state index contributed by atoms with van der Waals surface area (Å²) in [7, 11) is -1.18. The summed E-state index contributed by atoms with van der Waals surface area (Å²) in [6, 6.07) is 7.42. The third kappa shape index (κ3) is 4.62. The van der Waals surface area contributed by atoms with Gasteiger partial charge in [-0.05, 0) is 62.6 Å². The lowest BCUT2D eigenvalue weighted by Crippen LogP contribution is -2.49. The van der Waals surface area contributed by atoms with Crippen molar-refractivity contribution in [2.24, 2.45) is 0 Å². The average molecular weight is 493 g/mol. The fourth-order valence-electron chi connectivity index (χ4n) is 5.10. The van der Waals surface area contributed by atoms with Gasteiger partial charge in [0, 0.05) is 23.2 Å². The summed E-state index contributed by atoms with van der Waals surface area (Å²) in [5, 5.41) is 14.1. The fraction of sp³-hybridized carbons (Fsp3) is 0.583. The number of fused-ring (bicyclic) bond motifs is 1. The van der Waals surface area contributed by atoms with Gasteiger partial charge in [-0.3, -0.25) is 4.21 Å². The van der Waals surface area contributed by atoms with E-state index in [2.05, 4.69) is 5.32 Å². The topological polar surface area (TPSA) is 78.4 Å². The van der Waals surface area contributed by atoms with Gasteiger partial charge in [0.2, 0.25) is 5.95 Å². The van der Waals surface area contributed by atoms with E-state index in [4.69, 9.17) is 21.6 Å². The quantitative estimate of drug-likeness (QED) is 0.650. The van der Waals surface area contributed by atoms with Crippen LogP contribution in [0.5, 0.6) is 0 Å². The molecule has 3 atom stereocenters. The predicted molar refractivity (Wildman–Crippen MR) is 129 cm³/mol. The molecule has 5 rings (SSSR count). The molecule has 33 heavy (non-hydrogen) atoms. The molecule has 1 aromatic heterocycles. The van der Waals surface area contributed by atoms with Gasteiger partial charge in [-0.1, -0.05) is 23.7 Å². The molecule has 6 nitrogen and oxygen atoms in total. The molecule has 2 fully saturated rings. The molecule has 3 heterocycles. The van der Waals surface area contributed by atoms with Crippen LogP contribution < -0.4 is 10.2 Å². The van der Waals surface area contributed by atoms with Crippen LogP contribution in [-0.2, 0) is 17.2 Å². The molecule has 2 unspecified atom stereocenters. The van der Waals surface area contributed by atoms with E-state index in [9.17, 15) is 9.32 Å². The van der Waals surface area contributed by atoms with Crippen LogP contribution in [0.25, 0.3) is 0 Å². The zero-order chi connectivity index (χ0) is 23.0. The van der Waals surface area contributed by atoms with Crippen molar-refractivity contribution in [2.75, 3.05) is 35.7 Å². The minimum atomic E-state index is -1.18. The number of aliphatic hydroxyl groups excluding tert-OH is 1. The summed E-state index contributed by atoms with van der Waals surface area (Å²) in [4.78, 5) is 12.1. The first-order chi connectivity index (χ1) is 16.0.